The van der Waals surface area contributed by atoms with Gasteiger partial charge >= 0.3 is 5.97 Å². The van der Waals surface area contributed by atoms with Crippen LogP contribution in [0, 0.1) is 5.82 Å². The molecule has 0 radical (unpaired) electrons. The number of rotatable bonds is 20. The summed E-state index contributed by atoms with van der Waals surface area (Å²) >= 11 is 0. The van der Waals surface area contributed by atoms with Gasteiger partial charge in [0.2, 0.25) is 5.67 Å². The third-order valence-corrected chi connectivity index (χ3v) is 7.82. The first kappa shape index (κ1) is 34.2. The molecule has 0 saturated heterocycles. The zero-order valence-electron chi connectivity index (χ0n) is 26.3. The van der Waals surface area contributed by atoms with E-state index in [-0.39, 0.29) is 12.2 Å². The Morgan fingerprint density at radius 3 is 1.93 bits per heavy atom. The molecule has 43 heavy (non-hydrogen) atoms. The Hall–Kier alpha value is -3.28. The van der Waals surface area contributed by atoms with Crippen LogP contribution in [0.3, 0.4) is 0 Å². The second-order valence-electron chi connectivity index (χ2n) is 11.7. The van der Waals surface area contributed by atoms with Crippen LogP contribution in [0.15, 0.2) is 60.8 Å². The first-order valence-corrected chi connectivity index (χ1v) is 16.2. The number of carbonyl (C=O) groups is 1. The lowest BCUT2D eigenvalue weighted by atomic mass is 10.00. The summed E-state index contributed by atoms with van der Waals surface area (Å²) in [7, 11) is 0. The molecule has 0 N–H and O–H groups in total. The first-order chi connectivity index (χ1) is 20.8. The van der Waals surface area contributed by atoms with Gasteiger partial charge in [-0.25, -0.2) is 13.6 Å². The molecule has 3 rings (SSSR count). The summed E-state index contributed by atoms with van der Waals surface area (Å²) < 4.78 is 40.5. The Labute approximate surface area is 257 Å². The number of unbranched alkanes of at least 4 members (excludes halogenated alkanes) is 11. The summed E-state index contributed by atoms with van der Waals surface area (Å²) in [5.41, 5.74) is 1.04. The molecule has 1 atom stereocenters. The number of alkyl halides is 1. The van der Waals surface area contributed by atoms with Gasteiger partial charge in [0.15, 0.2) is 11.6 Å². The summed E-state index contributed by atoms with van der Waals surface area (Å²) in [6.45, 7) is 6.13. The molecule has 4 nitrogen and oxygen atoms in total. The van der Waals surface area contributed by atoms with Crippen molar-refractivity contribution in [2.45, 2.75) is 116 Å². The maximum atomic E-state index is 14.8. The predicted octanol–water partition coefficient (Wildman–Crippen LogP) is 11.1. The smallest absolute Gasteiger partial charge is 0.348 e. The second-order valence-corrected chi connectivity index (χ2v) is 11.7. The third-order valence-electron chi connectivity index (χ3n) is 7.82. The van der Waals surface area contributed by atoms with Crippen LogP contribution >= 0.6 is 0 Å². The van der Waals surface area contributed by atoms with E-state index in [2.05, 4.69) is 18.8 Å². The van der Waals surface area contributed by atoms with E-state index in [1.807, 2.05) is 18.2 Å². The molecule has 1 heterocycles. The van der Waals surface area contributed by atoms with Gasteiger partial charge in [-0.3, -0.25) is 4.98 Å². The van der Waals surface area contributed by atoms with E-state index in [0.717, 1.165) is 43.2 Å². The summed E-state index contributed by atoms with van der Waals surface area (Å²) in [6.07, 6.45) is 16.6. The topological polar surface area (TPSA) is 48.4 Å². The number of benzene rings is 2. The average Bonchev–Trinajstić information content (AvgIpc) is 3.01. The number of carbonyl (C=O) groups excluding carboxylic acids is 1. The van der Waals surface area contributed by atoms with E-state index in [1.165, 1.54) is 57.9 Å². The van der Waals surface area contributed by atoms with Gasteiger partial charge in [0.1, 0.15) is 5.75 Å². The first-order valence-electron chi connectivity index (χ1n) is 16.2. The molecule has 0 saturated carbocycles. The van der Waals surface area contributed by atoms with Crippen molar-refractivity contribution in [1.29, 1.82) is 0 Å². The van der Waals surface area contributed by atoms with Crippen molar-refractivity contribution in [3.8, 4) is 33.9 Å². The van der Waals surface area contributed by atoms with Gasteiger partial charge < -0.3 is 9.47 Å². The van der Waals surface area contributed by atoms with Crippen molar-refractivity contribution in [3.63, 3.8) is 0 Å². The Balaban J connectivity index is 1.46. The molecule has 234 valence electrons. The molecule has 3 aromatic rings. The fourth-order valence-electron chi connectivity index (χ4n) is 5.02. The van der Waals surface area contributed by atoms with Crippen LogP contribution in [0.25, 0.3) is 22.4 Å². The van der Waals surface area contributed by atoms with Crippen LogP contribution in [0.5, 0.6) is 11.5 Å². The number of hydrogen-bond acceptors (Lipinski definition) is 4. The molecule has 0 fully saturated rings. The number of hydrogen-bond donors (Lipinski definition) is 0. The molecule has 0 unspecified atom stereocenters. The van der Waals surface area contributed by atoms with Gasteiger partial charge in [0.25, 0.3) is 0 Å². The predicted molar refractivity (Wildman–Crippen MR) is 172 cm³/mol. The number of aromatic nitrogens is 1. The molecular formula is C37H49F2NO3. The standard InChI is InChI=1S/C37H49F2NO3/c1-4-6-8-10-11-12-13-14-16-26-42-35-24-20-30(27-33(35)38)34-23-19-31(28-40-34)29-17-21-32(22-18-29)43-36(41)37(3,39)25-15-9-7-5-2/h17-24,27-28H,4-16,25-26H2,1-3H3/t37-/m0/s1. The van der Waals surface area contributed by atoms with Gasteiger partial charge in [0.05, 0.1) is 12.3 Å². The summed E-state index contributed by atoms with van der Waals surface area (Å²) in [5.74, 6) is -0.693. The van der Waals surface area contributed by atoms with Crippen LogP contribution in [-0.2, 0) is 4.79 Å². The quantitative estimate of drug-likeness (QED) is 0.0743. The highest BCUT2D eigenvalue weighted by atomic mass is 19.1. The number of esters is 1. The average molecular weight is 594 g/mol. The molecular weight excluding hydrogens is 544 g/mol. The minimum atomic E-state index is -2.01. The van der Waals surface area contributed by atoms with E-state index < -0.39 is 17.5 Å². The van der Waals surface area contributed by atoms with Gasteiger partial charge in [-0.2, -0.15) is 0 Å². The van der Waals surface area contributed by atoms with Crippen molar-refractivity contribution in [1.82, 2.24) is 4.98 Å². The second kappa shape index (κ2) is 18.4. The molecule has 1 aromatic heterocycles. The lowest BCUT2D eigenvalue weighted by Gasteiger charge is -2.18. The van der Waals surface area contributed by atoms with Crippen LogP contribution in [0.4, 0.5) is 8.78 Å². The van der Waals surface area contributed by atoms with Crippen molar-refractivity contribution in [2.75, 3.05) is 6.61 Å². The van der Waals surface area contributed by atoms with Crippen molar-refractivity contribution >= 4 is 5.97 Å². The van der Waals surface area contributed by atoms with Crippen LogP contribution in [0.2, 0.25) is 0 Å². The molecule has 0 bridgehead atoms. The van der Waals surface area contributed by atoms with Crippen molar-refractivity contribution < 1.29 is 23.0 Å². The number of halogens is 2. The monoisotopic (exact) mass is 593 g/mol. The van der Waals surface area contributed by atoms with Gasteiger partial charge in [-0.15, -0.1) is 0 Å². The Kier molecular flexibility index (Phi) is 14.6. The van der Waals surface area contributed by atoms with E-state index in [4.69, 9.17) is 9.47 Å². The zero-order chi connectivity index (χ0) is 30.9. The molecule has 2 aromatic carbocycles. The van der Waals surface area contributed by atoms with Crippen molar-refractivity contribution in [2.24, 2.45) is 0 Å². The van der Waals surface area contributed by atoms with Gasteiger partial charge in [-0.1, -0.05) is 103 Å². The summed E-state index contributed by atoms with van der Waals surface area (Å²) in [4.78, 5) is 16.9. The van der Waals surface area contributed by atoms with E-state index in [0.29, 0.717) is 30.0 Å². The third kappa shape index (κ3) is 11.7. The lowest BCUT2D eigenvalue weighted by Crippen LogP contribution is -2.34. The fourth-order valence-corrected chi connectivity index (χ4v) is 5.02. The Morgan fingerprint density at radius 1 is 0.744 bits per heavy atom. The number of pyridine rings is 1. The molecule has 0 amide bonds. The van der Waals surface area contributed by atoms with Gasteiger partial charge in [-0.05, 0) is 68.1 Å². The van der Waals surface area contributed by atoms with E-state index in [1.54, 1.807) is 36.5 Å². The van der Waals surface area contributed by atoms with Gasteiger partial charge in [0, 0.05) is 17.3 Å². The van der Waals surface area contributed by atoms with E-state index >= 15 is 0 Å². The fraction of sp³-hybridized carbons (Fsp3) is 0.514. The van der Waals surface area contributed by atoms with Crippen LogP contribution in [-0.4, -0.2) is 23.2 Å². The lowest BCUT2D eigenvalue weighted by molar-refractivity contribution is -0.147. The summed E-state index contributed by atoms with van der Waals surface area (Å²) in [5, 5.41) is 0. The zero-order valence-corrected chi connectivity index (χ0v) is 26.3. The highest BCUT2D eigenvalue weighted by Gasteiger charge is 2.34. The summed E-state index contributed by atoms with van der Waals surface area (Å²) in [6, 6.07) is 15.6. The number of nitrogens with zero attached hydrogens (tertiary/aromatic N) is 1. The minimum absolute atomic E-state index is 0.154. The minimum Gasteiger partial charge on any atom is -0.491 e. The van der Waals surface area contributed by atoms with E-state index in [9.17, 15) is 13.6 Å². The van der Waals surface area contributed by atoms with Crippen LogP contribution in [0.1, 0.15) is 111 Å². The maximum Gasteiger partial charge on any atom is 0.348 e. The number of ether oxygens (including phenoxy) is 2. The SMILES string of the molecule is CCCCCCCCCCCOc1ccc(-c2ccc(-c3ccc(OC(=O)[C@@](C)(F)CCCCCC)cc3)cn2)cc1F. The highest BCUT2D eigenvalue weighted by molar-refractivity contribution is 5.81. The molecule has 6 heteroatoms. The normalized spacial score (nSPS) is 12.6. The Morgan fingerprint density at radius 2 is 1.33 bits per heavy atom. The Bertz CT molecular complexity index is 1230. The largest absolute Gasteiger partial charge is 0.491 e. The van der Waals surface area contributed by atoms with Crippen LogP contribution < -0.4 is 9.47 Å². The molecule has 0 aliphatic rings. The maximum absolute atomic E-state index is 14.8. The molecule has 0 spiro atoms. The molecule has 0 aliphatic heterocycles. The van der Waals surface area contributed by atoms with Crippen molar-refractivity contribution in [3.05, 3.63) is 66.6 Å². The highest BCUT2D eigenvalue weighted by Crippen LogP contribution is 2.29. The molecule has 0 aliphatic carbocycles.